The summed E-state index contributed by atoms with van der Waals surface area (Å²) in [5.74, 6) is -0.666. The molecule has 0 aliphatic rings. The van der Waals surface area contributed by atoms with Crippen LogP contribution < -0.4 is 10.6 Å². The van der Waals surface area contributed by atoms with Gasteiger partial charge < -0.3 is 10.6 Å². The van der Waals surface area contributed by atoms with Crippen molar-refractivity contribution < 1.29 is 9.59 Å². The number of benzene rings is 2. The van der Waals surface area contributed by atoms with Crippen molar-refractivity contribution in [3.63, 3.8) is 0 Å². The van der Waals surface area contributed by atoms with E-state index in [1.165, 1.54) is 13.0 Å². The summed E-state index contributed by atoms with van der Waals surface area (Å²) >= 11 is 3.35. The number of nitrogens with zero attached hydrogens (tertiary/aromatic N) is 1. The number of rotatable bonds is 4. The number of amides is 2. The molecule has 0 bridgehead atoms. The molecular formula is C18H14BrN3O2. The Morgan fingerprint density at radius 3 is 2.25 bits per heavy atom. The molecule has 0 aliphatic carbocycles. The molecular weight excluding hydrogens is 370 g/mol. The van der Waals surface area contributed by atoms with E-state index in [0.717, 1.165) is 10.0 Å². The lowest BCUT2D eigenvalue weighted by Crippen LogP contribution is -2.13. The van der Waals surface area contributed by atoms with E-state index in [-0.39, 0.29) is 11.5 Å². The molecule has 2 aromatic rings. The van der Waals surface area contributed by atoms with Crippen LogP contribution in [0.25, 0.3) is 6.08 Å². The molecule has 0 aliphatic heterocycles. The second-order valence-electron chi connectivity index (χ2n) is 4.94. The molecule has 6 heteroatoms. The number of hydrogen-bond acceptors (Lipinski definition) is 3. The minimum absolute atomic E-state index is 0.000891. The monoisotopic (exact) mass is 383 g/mol. The molecule has 0 atom stereocenters. The highest BCUT2D eigenvalue weighted by Gasteiger charge is 2.09. The number of carbonyl (C=O) groups is 2. The predicted molar refractivity (Wildman–Crippen MR) is 97.1 cm³/mol. The zero-order valence-electron chi connectivity index (χ0n) is 12.8. The normalized spacial score (nSPS) is 10.6. The molecule has 0 aromatic heterocycles. The predicted octanol–water partition coefficient (Wildman–Crippen LogP) is 3.95. The van der Waals surface area contributed by atoms with Crippen LogP contribution in [0.15, 0.2) is 58.6 Å². The molecule has 0 heterocycles. The topological polar surface area (TPSA) is 82.0 Å². The molecule has 5 nitrogen and oxygen atoms in total. The highest BCUT2D eigenvalue weighted by atomic mass is 79.9. The fourth-order valence-electron chi connectivity index (χ4n) is 1.95. The third kappa shape index (κ3) is 5.07. The molecule has 0 unspecified atom stereocenters. The average molecular weight is 384 g/mol. The van der Waals surface area contributed by atoms with Crippen LogP contribution in [0.4, 0.5) is 11.4 Å². The molecule has 0 spiro atoms. The summed E-state index contributed by atoms with van der Waals surface area (Å²) in [6.45, 7) is 1.42. The summed E-state index contributed by atoms with van der Waals surface area (Å²) < 4.78 is 0.863. The van der Waals surface area contributed by atoms with Gasteiger partial charge in [-0.25, -0.2) is 0 Å². The van der Waals surface area contributed by atoms with Crippen molar-refractivity contribution >= 4 is 45.2 Å². The fourth-order valence-corrected chi connectivity index (χ4v) is 2.37. The first kappa shape index (κ1) is 17.4. The first-order valence-corrected chi connectivity index (χ1v) is 7.83. The van der Waals surface area contributed by atoms with E-state index in [4.69, 9.17) is 0 Å². The quantitative estimate of drug-likeness (QED) is 0.619. The van der Waals surface area contributed by atoms with Gasteiger partial charge in [-0.3, -0.25) is 9.59 Å². The van der Waals surface area contributed by atoms with Crippen molar-refractivity contribution in [1.29, 1.82) is 5.26 Å². The first-order chi connectivity index (χ1) is 11.5. The van der Waals surface area contributed by atoms with Gasteiger partial charge in [0.25, 0.3) is 5.91 Å². The van der Waals surface area contributed by atoms with Crippen molar-refractivity contribution in [2.45, 2.75) is 6.92 Å². The minimum Gasteiger partial charge on any atom is -0.326 e. The summed E-state index contributed by atoms with van der Waals surface area (Å²) in [6.07, 6.45) is 1.52. The number of hydrogen-bond donors (Lipinski definition) is 2. The Labute approximate surface area is 148 Å². The van der Waals surface area contributed by atoms with E-state index in [1.807, 2.05) is 24.3 Å². The summed E-state index contributed by atoms with van der Waals surface area (Å²) in [7, 11) is 0. The van der Waals surface area contributed by atoms with E-state index in [1.54, 1.807) is 30.3 Å². The molecule has 2 rings (SSSR count). The molecule has 0 fully saturated rings. The standard InChI is InChI=1S/C18H14BrN3O2/c1-12(23)21-16-5-7-17(8-6-16)22-18(24)14(11-20)9-13-3-2-4-15(19)10-13/h2-10H,1H3,(H,21,23)(H,22,24). The summed E-state index contributed by atoms with van der Waals surface area (Å²) in [4.78, 5) is 23.2. The van der Waals surface area contributed by atoms with E-state index >= 15 is 0 Å². The molecule has 2 N–H and O–H groups in total. The molecule has 24 heavy (non-hydrogen) atoms. The number of anilines is 2. The Kier molecular flexibility index (Phi) is 5.88. The molecule has 0 saturated heterocycles. The maximum atomic E-state index is 12.2. The van der Waals surface area contributed by atoms with Crippen molar-refractivity contribution in [1.82, 2.24) is 0 Å². The minimum atomic E-state index is -0.496. The van der Waals surface area contributed by atoms with Gasteiger partial charge in [-0.1, -0.05) is 28.1 Å². The zero-order valence-corrected chi connectivity index (χ0v) is 14.4. The van der Waals surface area contributed by atoms with E-state index in [9.17, 15) is 14.9 Å². The van der Waals surface area contributed by atoms with E-state index < -0.39 is 5.91 Å². The lowest BCUT2D eigenvalue weighted by Gasteiger charge is -2.06. The Hall–Kier alpha value is -2.91. The van der Waals surface area contributed by atoms with Crippen molar-refractivity contribution in [3.05, 3.63) is 64.1 Å². The highest BCUT2D eigenvalue weighted by molar-refractivity contribution is 9.10. The van der Waals surface area contributed by atoms with Gasteiger partial charge in [-0.2, -0.15) is 5.26 Å². The molecule has 2 amide bonds. The van der Waals surface area contributed by atoms with Crippen LogP contribution in [0, 0.1) is 11.3 Å². The van der Waals surface area contributed by atoms with Gasteiger partial charge in [-0.15, -0.1) is 0 Å². The number of nitrogens with one attached hydrogen (secondary N) is 2. The number of nitriles is 1. The van der Waals surface area contributed by atoms with Gasteiger partial charge >= 0.3 is 0 Å². The van der Waals surface area contributed by atoms with Gasteiger partial charge in [0.2, 0.25) is 5.91 Å². The average Bonchev–Trinajstić information content (AvgIpc) is 2.54. The summed E-state index contributed by atoms with van der Waals surface area (Å²) in [5, 5.41) is 14.5. The van der Waals surface area contributed by atoms with Crippen LogP contribution in [-0.2, 0) is 9.59 Å². The lowest BCUT2D eigenvalue weighted by atomic mass is 10.1. The molecule has 0 radical (unpaired) electrons. The van der Waals surface area contributed by atoms with Gasteiger partial charge in [0, 0.05) is 22.8 Å². The zero-order chi connectivity index (χ0) is 17.5. The van der Waals surface area contributed by atoms with Crippen LogP contribution in [0.2, 0.25) is 0 Å². The smallest absolute Gasteiger partial charge is 0.266 e. The van der Waals surface area contributed by atoms with E-state index in [0.29, 0.717) is 11.4 Å². The third-order valence-corrected chi connectivity index (χ3v) is 3.48. The highest BCUT2D eigenvalue weighted by Crippen LogP contribution is 2.17. The van der Waals surface area contributed by atoms with Crippen LogP contribution in [0.3, 0.4) is 0 Å². The Balaban J connectivity index is 2.12. The molecule has 120 valence electrons. The summed E-state index contributed by atoms with van der Waals surface area (Å²) in [5.41, 5.74) is 1.91. The van der Waals surface area contributed by atoms with Crippen LogP contribution >= 0.6 is 15.9 Å². The molecule has 2 aromatic carbocycles. The van der Waals surface area contributed by atoms with Gasteiger partial charge in [0.1, 0.15) is 11.6 Å². The van der Waals surface area contributed by atoms with Gasteiger partial charge in [-0.05, 0) is 48.0 Å². The summed E-state index contributed by atoms with van der Waals surface area (Å²) in [6, 6.07) is 15.8. The SMILES string of the molecule is CC(=O)Nc1ccc(NC(=O)C(C#N)=Cc2cccc(Br)c2)cc1. The van der Waals surface area contributed by atoms with Crippen molar-refractivity contribution in [3.8, 4) is 6.07 Å². The lowest BCUT2D eigenvalue weighted by molar-refractivity contribution is -0.114. The fraction of sp³-hybridized carbons (Fsp3) is 0.0556. The second kappa shape index (κ2) is 8.09. The Morgan fingerprint density at radius 2 is 1.71 bits per heavy atom. The molecule has 0 saturated carbocycles. The number of halogens is 1. The van der Waals surface area contributed by atoms with Crippen molar-refractivity contribution in [2.24, 2.45) is 0 Å². The van der Waals surface area contributed by atoms with Crippen molar-refractivity contribution in [2.75, 3.05) is 10.6 Å². The van der Waals surface area contributed by atoms with Crippen LogP contribution in [0.1, 0.15) is 12.5 Å². The van der Waals surface area contributed by atoms with Gasteiger partial charge in [0.15, 0.2) is 0 Å². The van der Waals surface area contributed by atoms with Gasteiger partial charge in [0.05, 0.1) is 0 Å². The van der Waals surface area contributed by atoms with E-state index in [2.05, 4.69) is 26.6 Å². The maximum absolute atomic E-state index is 12.2. The number of carbonyl (C=O) groups excluding carboxylic acids is 2. The maximum Gasteiger partial charge on any atom is 0.266 e. The largest absolute Gasteiger partial charge is 0.326 e. The Bertz CT molecular complexity index is 836. The third-order valence-electron chi connectivity index (χ3n) is 2.99. The Morgan fingerprint density at radius 1 is 1.08 bits per heavy atom. The van der Waals surface area contributed by atoms with Crippen LogP contribution in [0.5, 0.6) is 0 Å². The first-order valence-electron chi connectivity index (χ1n) is 7.04. The van der Waals surface area contributed by atoms with Crippen LogP contribution in [-0.4, -0.2) is 11.8 Å². The second-order valence-corrected chi connectivity index (χ2v) is 5.85.